The summed E-state index contributed by atoms with van der Waals surface area (Å²) < 4.78 is 78.0. The number of nitrogens with zero attached hydrogens (tertiary/aromatic N) is 1. The lowest BCUT2D eigenvalue weighted by Gasteiger charge is -2.28. The molecule has 10 nitrogen and oxygen atoms in total. The van der Waals surface area contributed by atoms with E-state index in [1.54, 1.807) is 32.9 Å². The zero-order chi connectivity index (χ0) is 32.1. The fourth-order valence-corrected chi connectivity index (χ4v) is 5.68. The second-order valence-corrected chi connectivity index (χ2v) is 11.8. The molecule has 44 heavy (non-hydrogen) atoms. The van der Waals surface area contributed by atoms with Gasteiger partial charge in [0, 0.05) is 12.2 Å². The zero-order valence-electron chi connectivity index (χ0n) is 24.2. The Labute approximate surface area is 253 Å². The number of rotatable bonds is 10. The maximum atomic E-state index is 14.1. The van der Waals surface area contributed by atoms with Gasteiger partial charge in [0.25, 0.3) is 15.9 Å². The minimum Gasteiger partial charge on any atom is -0.490 e. The van der Waals surface area contributed by atoms with E-state index < -0.39 is 43.5 Å². The van der Waals surface area contributed by atoms with E-state index in [1.165, 1.54) is 36.4 Å². The third-order valence-corrected chi connectivity index (χ3v) is 8.01. The van der Waals surface area contributed by atoms with Gasteiger partial charge < -0.3 is 24.9 Å². The normalized spacial score (nSPS) is 13.9. The first-order chi connectivity index (χ1) is 20.8. The fourth-order valence-electron chi connectivity index (χ4n) is 4.48. The molecular formula is C30H32F3N3O7S. The van der Waals surface area contributed by atoms with Crippen molar-refractivity contribution in [1.29, 1.82) is 0 Å². The van der Waals surface area contributed by atoms with E-state index in [4.69, 9.17) is 9.47 Å². The predicted molar refractivity (Wildman–Crippen MR) is 154 cm³/mol. The second kappa shape index (κ2) is 13.6. The Kier molecular flexibility index (Phi) is 10.0. The maximum Gasteiger partial charge on any atom is 0.493 e. The zero-order valence-corrected chi connectivity index (χ0v) is 25.0. The molecule has 236 valence electrons. The standard InChI is InChI=1S/C30H32F3N3O7S/c1-4-41-26-17-21(11-13-25(26)42-19(2)3)27(35-23-12-10-20-14-15-34-18-22(20)16-23)28(37)36(43-29(38)30(31,32)33)44(39,40)24-8-6-5-7-9-24/h5-13,16-17,19,27,34-35H,4,14-15,18H2,1-3H3. The lowest BCUT2D eigenvalue weighted by molar-refractivity contribution is -0.223. The summed E-state index contributed by atoms with van der Waals surface area (Å²) in [6.07, 6.45) is -5.08. The van der Waals surface area contributed by atoms with Gasteiger partial charge in [-0.2, -0.15) is 21.6 Å². The number of alkyl halides is 3. The number of fused-ring (bicyclic) bond motifs is 1. The van der Waals surface area contributed by atoms with E-state index in [2.05, 4.69) is 15.5 Å². The molecule has 1 amide bonds. The van der Waals surface area contributed by atoms with Crippen LogP contribution in [-0.4, -0.2) is 50.2 Å². The van der Waals surface area contributed by atoms with Crippen molar-refractivity contribution < 1.29 is 45.5 Å². The Morgan fingerprint density at radius 2 is 1.73 bits per heavy atom. The summed E-state index contributed by atoms with van der Waals surface area (Å²) >= 11 is 0. The molecule has 0 spiro atoms. The second-order valence-electron chi connectivity index (χ2n) is 10.1. The molecule has 0 saturated heterocycles. The third kappa shape index (κ3) is 7.61. The lowest BCUT2D eigenvalue weighted by Crippen LogP contribution is -2.45. The third-order valence-electron chi connectivity index (χ3n) is 6.45. The smallest absolute Gasteiger partial charge is 0.490 e. The van der Waals surface area contributed by atoms with Crippen molar-refractivity contribution in [2.45, 2.75) is 57.0 Å². The van der Waals surface area contributed by atoms with Crippen molar-refractivity contribution in [3.63, 3.8) is 0 Å². The molecule has 1 atom stereocenters. The van der Waals surface area contributed by atoms with Crippen LogP contribution in [0.15, 0.2) is 71.6 Å². The summed E-state index contributed by atoms with van der Waals surface area (Å²) in [5.41, 5.74) is 2.45. The summed E-state index contributed by atoms with van der Waals surface area (Å²) in [5, 5.41) is 6.17. The van der Waals surface area contributed by atoms with Gasteiger partial charge in [0.05, 0.1) is 17.6 Å². The van der Waals surface area contributed by atoms with Crippen molar-refractivity contribution in [1.82, 2.24) is 9.79 Å². The SMILES string of the molecule is CCOc1cc(C(Nc2ccc3c(c2)CNCC3)C(=O)N(OC(=O)C(F)(F)F)S(=O)(=O)c2ccccc2)ccc1OC(C)C. The first-order valence-corrected chi connectivity index (χ1v) is 15.2. The van der Waals surface area contributed by atoms with Gasteiger partial charge in [-0.1, -0.05) is 34.8 Å². The molecule has 0 aliphatic carbocycles. The van der Waals surface area contributed by atoms with Crippen LogP contribution in [0.2, 0.25) is 0 Å². The number of carbonyl (C=O) groups is 2. The fraction of sp³-hybridized carbons (Fsp3) is 0.333. The van der Waals surface area contributed by atoms with Gasteiger partial charge in [-0.15, -0.1) is 0 Å². The number of amides is 1. The molecule has 14 heteroatoms. The summed E-state index contributed by atoms with van der Waals surface area (Å²) in [7, 11) is -5.12. The first-order valence-electron chi connectivity index (χ1n) is 13.8. The maximum absolute atomic E-state index is 14.1. The molecule has 0 fully saturated rings. The largest absolute Gasteiger partial charge is 0.493 e. The molecule has 0 bridgehead atoms. The van der Waals surface area contributed by atoms with Crippen LogP contribution in [0, 0.1) is 0 Å². The highest BCUT2D eigenvalue weighted by Crippen LogP contribution is 2.35. The summed E-state index contributed by atoms with van der Waals surface area (Å²) in [5.74, 6) is -3.87. The average Bonchev–Trinajstić information content (AvgIpc) is 2.99. The minimum absolute atomic E-state index is 0.0988. The summed E-state index contributed by atoms with van der Waals surface area (Å²) in [6.45, 7) is 6.84. The van der Waals surface area contributed by atoms with Crippen molar-refractivity contribution in [3.8, 4) is 11.5 Å². The van der Waals surface area contributed by atoms with Crippen LogP contribution < -0.4 is 20.1 Å². The van der Waals surface area contributed by atoms with Gasteiger partial charge in [-0.3, -0.25) is 4.79 Å². The highest BCUT2D eigenvalue weighted by atomic mass is 32.2. The van der Waals surface area contributed by atoms with Crippen LogP contribution >= 0.6 is 0 Å². The van der Waals surface area contributed by atoms with Crippen molar-refractivity contribution >= 4 is 27.6 Å². The van der Waals surface area contributed by atoms with Crippen LogP contribution in [0.1, 0.15) is 43.5 Å². The summed E-state index contributed by atoms with van der Waals surface area (Å²) in [4.78, 5) is 29.8. The summed E-state index contributed by atoms with van der Waals surface area (Å²) in [6, 6.07) is 14.1. The molecule has 0 radical (unpaired) electrons. The molecule has 2 N–H and O–H groups in total. The van der Waals surface area contributed by atoms with E-state index >= 15 is 0 Å². The Balaban J connectivity index is 1.85. The Morgan fingerprint density at radius 1 is 1.00 bits per heavy atom. The van der Waals surface area contributed by atoms with E-state index in [-0.39, 0.29) is 24.0 Å². The molecule has 1 aliphatic heterocycles. The van der Waals surface area contributed by atoms with Gasteiger partial charge in [-0.05, 0) is 86.8 Å². The van der Waals surface area contributed by atoms with Crippen LogP contribution in [-0.2, 0) is 37.4 Å². The van der Waals surface area contributed by atoms with Gasteiger partial charge in [-0.25, -0.2) is 4.79 Å². The van der Waals surface area contributed by atoms with Gasteiger partial charge in [0.2, 0.25) is 0 Å². The number of hydrogen-bond acceptors (Lipinski definition) is 9. The molecule has 3 aromatic carbocycles. The molecular weight excluding hydrogens is 603 g/mol. The van der Waals surface area contributed by atoms with E-state index in [0.717, 1.165) is 36.2 Å². The molecule has 0 aromatic heterocycles. The quantitative estimate of drug-likeness (QED) is 0.299. The Morgan fingerprint density at radius 3 is 2.39 bits per heavy atom. The monoisotopic (exact) mass is 635 g/mol. The molecule has 3 aromatic rings. The average molecular weight is 636 g/mol. The number of hydroxylamine groups is 1. The van der Waals surface area contributed by atoms with Gasteiger partial charge in [0.15, 0.2) is 11.5 Å². The molecule has 1 unspecified atom stereocenters. The highest BCUT2D eigenvalue weighted by molar-refractivity contribution is 7.89. The number of halogens is 3. The van der Waals surface area contributed by atoms with Gasteiger partial charge in [0.1, 0.15) is 6.04 Å². The molecule has 1 heterocycles. The van der Waals surface area contributed by atoms with E-state index in [9.17, 15) is 31.2 Å². The molecule has 4 rings (SSSR count). The Bertz CT molecular complexity index is 1600. The highest BCUT2D eigenvalue weighted by Gasteiger charge is 2.47. The number of carbonyl (C=O) groups excluding carboxylic acids is 2. The number of sulfonamides is 1. The number of benzene rings is 3. The number of anilines is 1. The van der Waals surface area contributed by atoms with Crippen LogP contribution in [0.3, 0.4) is 0 Å². The number of nitrogens with one attached hydrogen (secondary N) is 2. The van der Waals surface area contributed by atoms with Crippen LogP contribution in [0.5, 0.6) is 11.5 Å². The first kappa shape index (κ1) is 32.6. The van der Waals surface area contributed by atoms with Crippen molar-refractivity contribution in [3.05, 3.63) is 83.4 Å². The molecule has 1 aliphatic rings. The van der Waals surface area contributed by atoms with E-state index in [0.29, 0.717) is 18.0 Å². The van der Waals surface area contributed by atoms with Crippen LogP contribution in [0.4, 0.5) is 18.9 Å². The number of hydrogen-bond donors (Lipinski definition) is 2. The van der Waals surface area contributed by atoms with E-state index in [1.807, 2.05) is 6.07 Å². The van der Waals surface area contributed by atoms with Crippen molar-refractivity contribution in [2.24, 2.45) is 0 Å². The molecule has 0 saturated carbocycles. The van der Waals surface area contributed by atoms with Crippen molar-refractivity contribution in [2.75, 3.05) is 18.5 Å². The predicted octanol–water partition coefficient (Wildman–Crippen LogP) is 4.91. The minimum atomic E-state index is -5.60. The van der Waals surface area contributed by atoms with Crippen LogP contribution in [0.25, 0.3) is 0 Å². The van der Waals surface area contributed by atoms with Gasteiger partial charge >= 0.3 is 12.1 Å². The topological polar surface area (TPSA) is 123 Å². The lowest BCUT2D eigenvalue weighted by atomic mass is 9.99. The Hall–Kier alpha value is -4.30. The number of ether oxygens (including phenoxy) is 2.